The fourth-order valence-electron chi connectivity index (χ4n) is 2.23. The van der Waals surface area contributed by atoms with Gasteiger partial charge in [-0.1, -0.05) is 30.3 Å². The average molecular weight is 285 g/mol. The molecule has 1 amide bonds. The van der Waals surface area contributed by atoms with Crippen molar-refractivity contribution in [2.75, 3.05) is 23.8 Å². The number of nitrogen functional groups attached to an aromatic ring is 1. The largest absolute Gasteiger partial charge is 0.399 e. The highest BCUT2D eigenvalue weighted by atomic mass is 16.3. The number of primary amides is 1. The lowest BCUT2D eigenvalue weighted by atomic mass is 10.1. The fourth-order valence-corrected chi connectivity index (χ4v) is 2.23. The molecule has 0 spiro atoms. The van der Waals surface area contributed by atoms with Gasteiger partial charge in [-0.25, -0.2) is 0 Å². The molecule has 0 saturated carbocycles. The SMILES string of the molecule is NC(=O)c1ccc(N)cc1N(CCO)Cc1ccccc1. The summed E-state index contributed by atoms with van der Waals surface area (Å²) in [4.78, 5) is 13.5. The van der Waals surface area contributed by atoms with Crippen molar-refractivity contribution in [2.24, 2.45) is 5.73 Å². The van der Waals surface area contributed by atoms with Crippen molar-refractivity contribution in [1.82, 2.24) is 0 Å². The molecule has 0 radical (unpaired) electrons. The molecular formula is C16H19N3O2. The van der Waals surface area contributed by atoms with Crippen LogP contribution in [0.3, 0.4) is 0 Å². The van der Waals surface area contributed by atoms with Gasteiger partial charge in [-0.2, -0.15) is 0 Å². The number of aliphatic hydroxyl groups is 1. The molecule has 0 aliphatic rings. The molecule has 5 nitrogen and oxygen atoms in total. The molecule has 0 heterocycles. The van der Waals surface area contributed by atoms with Crippen LogP contribution in [0.1, 0.15) is 15.9 Å². The van der Waals surface area contributed by atoms with E-state index in [1.165, 1.54) is 0 Å². The second-order valence-corrected chi connectivity index (χ2v) is 4.77. The van der Waals surface area contributed by atoms with Crippen LogP contribution in [0.25, 0.3) is 0 Å². The van der Waals surface area contributed by atoms with E-state index in [0.29, 0.717) is 30.0 Å². The third-order valence-corrected chi connectivity index (χ3v) is 3.21. The smallest absolute Gasteiger partial charge is 0.250 e. The minimum atomic E-state index is -0.513. The van der Waals surface area contributed by atoms with Crippen LogP contribution in [0, 0.1) is 0 Å². The highest BCUT2D eigenvalue weighted by Gasteiger charge is 2.15. The van der Waals surface area contributed by atoms with E-state index >= 15 is 0 Å². The molecule has 0 bridgehead atoms. The topological polar surface area (TPSA) is 92.6 Å². The summed E-state index contributed by atoms with van der Waals surface area (Å²) in [6.45, 7) is 0.920. The number of hydrogen-bond acceptors (Lipinski definition) is 4. The molecule has 21 heavy (non-hydrogen) atoms. The number of amides is 1. The zero-order valence-corrected chi connectivity index (χ0v) is 11.7. The quantitative estimate of drug-likeness (QED) is 0.699. The molecule has 0 aliphatic heterocycles. The first-order chi connectivity index (χ1) is 10.1. The number of carbonyl (C=O) groups is 1. The molecule has 0 fully saturated rings. The van der Waals surface area contributed by atoms with Crippen LogP contribution in [0.2, 0.25) is 0 Å². The number of hydrogen-bond donors (Lipinski definition) is 3. The van der Waals surface area contributed by atoms with Crippen LogP contribution >= 0.6 is 0 Å². The van der Waals surface area contributed by atoms with Gasteiger partial charge in [0.1, 0.15) is 0 Å². The van der Waals surface area contributed by atoms with E-state index in [1.54, 1.807) is 18.2 Å². The molecular weight excluding hydrogens is 266 g/mol. The zero-order valence-electron chi connectivity index (χ0n) is 11.7. The molecule has 5 heteroatoms. The fraction of sp³-hybridized carbons (Fsp3) is 0.188. The Kier molecular flexibility index (Phi) is 4.79. The monoisotopic (exact) mass is 285 g/mol. The number of aliphatic hydroxyl groups excluding tert-OH is 1. The Balaban J connectivity index is 2.37. The summed E-state index contributed by atoms with van der Waals surface area (Å²) in [5.74, 6) is -0.513. The summed E-state index contributed by atoms with van der Waals surface area (Å²) in [5.41, 5.74) is 13.9. The second kappa shape index (κ2) is 6.76. The molecule has 2 rings (SSSR count). The number of benzene rings is 2. The Morgan fingerprint density at radius 2 is 1.86 bits per heavy atom. The van der Waals surface area contributed by atoms with Crippen molar-refractivity contribution in [3.8, 4) is 0 Å². The van der Waals surface area contributed by atoms with Crippen molar-refractivity contribution >= 4 is 17.3 Å². The predicted molar refractivity (Wildman–Crippen MR) is 84.0 cm³/mol. The number of rotatable bonds is 6. The Hall–Kier alpha value is -2.53. The first-order valence-corrected chi connectivity index (χ1v) is 6.71. The summed E-state index contributed by atoms with van der Waals surface area (Å²) in [6, 6.07) is 14.8. The Morgan fingerprint density at radius 1 is 1.14 bits per heavy atom. The summed E-state index contributed by atoms with van der Waals surface area (Å²) >= 11 is 0. The van der Waals surface area contributed by atoms with Crippen LogP contribution in [-0.4, -0.2) is 24.2 Å². The minimum Gasteiger partial charge on any atom is -0.399 e. The van der Waals surface area contributed by atoms with E-state index in [9.17, 15) is 9.90 Å². The molecule has 2 aromatic rings. The van der Waals surface area contributed by atoms with Crippen LogP contribution < -0.4 is 16.4 Å². The van der Waals surface area contributed by atoms with Crippen molar-refractivity contribution in [3.63, 3.8) is 0 Å². The minimum absolute atomic E-state index is 0.0279. The maximum Gasteiger partial charge on any atom is 0.250 e. The van der Waals surface area contributed by atoms with Gasteiger partial charge in [-0.3, -0.25) is 4.79 Å². The lowest BCUT2D eigenvalue weighted by Crippen LogP contribution is -2.29. The van der Waals surface area contributed by atoms with Gasteiger partial charge in [0.2, 0.25) is 0 Å². The van der Waals surface area contributed by atoms with E-state index in [4.69, 9.17) is 11.5 Å². The summed E-state index contributed by atoms with van der Waals surface area (Å²) in [7, 11) is 0. The maximum absolute atomic E-state index is 11.6. The average Bonchev–Trinajstić information content (AvgIpc) is 2.47. The zero-order chi connectivity index (χ0) is 15.2. The Labute approximate surface area is 123 Å². The number of anilines is 2. The van der Waals surface area contributed by atoms with Gasteiger partial charge in [-0.05, 0) is 23.8 Å². The van der Waals surface area contributed by atoms with Gasteiger partial charge in [0.15, 0.2) is 0 Å². The van der Waals surface area contributed by atoms with Crippen LogP contribution in [0.15, 0.2) is 48.5 Å². The molecule has 110 valence electrons. The third-order valence-electron chi connectivity index (χ3n) is 3.21. The maximum atomic E-state index is 11.6. The highest BCUT2D eigenvalue weighted by molar-refractivity contribution is 5.99. The first kappa shape index (κ1) is 14.9. The standard InChI is InChI=1S/C16H19N3O2/c17-13-6-7-14(16(18)21)15(10-13)19(8-9-20)11-12-4-2-1-3-5-12/h1-7,10,20H,8-9,11,17H2,(H2,18,21). The van der Waals surface area contributed by atoms with E-state index in [-0.39, 0.29) is 6.61 Å². The van der Waals surface area contributed by atoms with Crippen LogP contribution in [-0.2, 0) is 6.54 Å². The third kappa shape index (κ3) is 3.73. The number of carbonyl (C=O) groups excluding carboxylic acids is 1. The van der Waals surface area contributed by atoms with Crippen LogP contribution in [0.5, 0.6) is 0 Å². The Morgan fingerprint density at radius 3 is 2.48 bits per heavy atom. The van der Waals surface area contributed by atoms with E-state index < -0.39 is 5.91 Å². The van der Waals surface area contributed by atoms with Crippen molar-refractivity contribution < 1.29 is 9.90 Å². The van der Waals surface area contributed by atoms with Gasteiger partial charge in [-0.15, -0.1) is 0 Å². The molecule has 0 aliphatic carbocycles. The normalized spacial score (nSPS) is 10.3. The van der Waals surface area contributed by atoms with Gasteiger partial charge < -0.3 is 21.5 Å². The van der Waals surface area contributed by atoms with Gasteiger partial charge in [0.25, 0.3) is 5.91 Å². The van der Waals surface area contributed by atoms with Gasteiger partial charge in [0.05, 0.1) is 17.9 Å². The number of nitrogens with zero attached hydrogens (tertiary/aromatic N) is 1. The lowest BCUT2D eigenvalue weighted by Gasteiger charge is -2.26. The molecule has 0 unspecified atom stereocenters. The molecule has 5 N–H and O–H groups in total. The first-order valence-electron chi connectivity index (χ1n) is 6.71. The van der Waals surface area contributed by atoms with Crippen molar-refractivity contribution in [2.45, 2.75) is 6.54 Å². The molecule has 0 atom stereocenters. The van der Waals surface area contributed by atoms with Crippen LogP contribution in [0.4, 0.5) is 11.4 Å². The highest BCUT2D eigenvalue weighted by Crippen LogP contribution is 2.25. The second-order valence-electron chi connectivity index (χ2n) is 4.77. The van der Waals surface area contributed by atoms with E-state index in [0.717, 1.165) is 5.56 Å². The molecule has 0 saturated heterocycles. The van der Waals surface area contributed by atoms with Gasteiger partial charge in [0, 0.05) is 18.8 Å². The Bertz CT molecular complexity index is 614. The molecule has 0 aromatic heterocycles. The molecule has 2 aromatic carbocycles. The lowest BCUT2D eigenvalue weighted by molar-refractivity contribution is 0.100. The van der Waals surface area contributed by atoms with E-state index in [2.05, 4.69) is 0 Å². The van der Waals surface area contributed by atoms with Crippen molar-refractivity contribution in [1.29, 1.82) is 0 Å². The van der Waals surface area contributed by atoms with Crippen molar-refractivity contribution in [3.05, 3.63) is 59.7 Å². The van der Waals surface area contributed by atoms with E-state index in [1.807, 2.05) is 35.2 Å². The summed E-state index contributed by atoms with van der Waals surface area (Å²) in [5, 5.41) is 9.29. The van der Waals surface area contributed by atoms with Gasteiger partial charge >= 0.3 is 0 Å². The summed E-state index contributed by atoms with van der Waals surface area (Å²) in [6.07, 6.45) is 0. The summed E-state index contributed by atoms with van der Waals surface area (Å²) < 4.78 is 0. The number of nitrogens with two attached hydrogens (primary N) is 2. The predicted octanol–water partition coefficient (Wildman–Crippen LogP) is 1.37.